The van der Waals surface area contributed by atoms with Gasteiger partial charge in [-0.05, 0) is 43.2 Å². The molecule has 2 rings (SSSR count). The maximum absolute atomic E-state index is 5.16. The predicted molar refractivity (Wildman–Crippen MR) is 68.9 cm³/mol. The van der Waals surface area contributed by atoms with Crippen molar-refractivity contribution in [3.8, 4) is 11.4 Å². The van der Waals surface area contributed by atoms with E-state index in [1.54, 1.807) is 7.11 Å². The van der Waals surface area contributed by atoms with Gasteiger partial charge in [0.15, 0.2) is 0 Å². The van der Waals surface area contributed by atoms with Gasteiger partial charge in [0.05, 0.1) is 18.5 Å². The summed E-state index contributed by atoms with van der Waals surface area (Å²) in [5.74, 6) is 1.32. The van der Waals surface area contributed by atoms with E-state index >= 15 is 0 Å². The number of ether oxygens (including phenoxy) is 1. The third-order valence-electron chi connectivity index (χ3n) is 2.77. The van der Waals surface area contributed by atoms with E-state index in [-0.39, 0.29) is 0 Å². The number of aromatic nitrogens is 2. The fraction of sp³-hybridized carbons (Fsp3) is 0.357. The second-order valence-electron chi connectivity index (χ2n) is 4.48. The SMILES string of the molecule is COc1ccc(-n2nc(C)cc2C(C)C)cc1. The Bertz CT molecular complexity index is 497. The van der Waals surface area contributed by atoms with Crippen molar-refractivity contribution in [2.75, 3.05) is 7.11 Å². The van der Waals surface area contributed by atoms with Gasteiger partial charge in [-0.25, -0.2) is 4.68 Å². The topological polar surface area (TPSA) is 27.1 Å². The minimum atomic E-state index is 0.457. The molecule has 90 valence electrons. The molecule has 0 atom stereocenters. The molecule has 0 spiro atoms. The molecule has 0 amide bonds. The van der Waals surface area contributed by atoms with Crippen molar-refractivity contribution >= 4 is 0 Å². The Labute approximate surface area is 102 Å². The molecule has 17 heavy (non-hydrogen) atoms. The van der Waals surface area contributed by atoms with Gasteiger partial charge in [-0.2, -0.15) is 5.10 Å². The van der Waals surface area contributed by atoms with E-state index in [4.69, 9.17) is 4.74 Å². The smallest absolute Gasteiger partial charge is 0.119 e. The van der Waals surface area contributed by atoms with Gasteiger partial charge in [-0.15, -0.1) is 0 Å². The van der Waals surface area contributed by atoms with Gasteiger partial charge in [-0.1, -0.05) is 13.8 Å². The number of hydrogen-bond acceptors (Lipinski definition) is 2. The molecule has 0 bridgehead atoms. The number of hydrogen-bond donors (Lipinski definition) is 0. The summed E-state index contributed by atoms with van der Waals surface area (Å²) in [6, 6.07) is 10.1. The lowest BCUT2D eigenvalue weighted by Gasteiger charge is -2.10. The van der Waals surface area contributed by atoms with Gasteiger partial charge >= 0.3 is 0 Å². The highest BCUT2D eigenvalue weighted by atomic mass is 16.5. The fourth-order valence-electron chi connectivity index (χ4n) is 1.86. The maximum Gasteiger partial charge on any atom is 0.119 e. The second-order valence-corrected chi connectivity index (χ2v) is 4.48. The van der Waals surface area contributed by atoms with Crippen LogP contribution in [0.25, 0.3) is 5.69 Å². The van der Waals surface area contributed by atoms with Crippen molar-refractivity contribution in [3.63, 3.8) is 0 Å². The molecule has 3 nitrogen and oxygen atoms in total. The number of rotatable bonds is 3. The van der Waals surface area contributed by atoms with Crippen LogP contribution in [0.5, 0.6) is 5.75 Å². The van der Waals surface area contributed by atoms with Crippen LogP contribution in [0, 0.1) is 6.92 Å². The van der Waals surface area contributed by atoms with Crippen molar-refractivity contribution in [3.05, 3.63) is 41.7 Å². The first-order valence-electron chi connectivity index (χ1n) is 5.83. The first-order valence-corrected chi connectivity index (χ1v) is 5.83. The zero-order valence-corrected chi connectivity index (χ0v) is 10.8. The highest BCUT2D eigenvalue weighted by Crippen LogP contribution is 2.21. The Morgan fingerprint density at radius 1 is 1.18 bits per heavy atom. The van der Waals surface area contributed by atoms with E-state index in [0.717, 1.165) is 17.1 Å². The molecule has 0 saturated heterocycles. The molecular weight excluding hydrogens is 212 g/mol. The molecule has 0 aliphatic heterocycles. The lowest BCUT2D eigenvalue weighted by molar-refractivity contribution is 0.414. The predicted octanol–water partition coefficient (Wildman–Crippen LogP) is 3.31. The normalized spacial score (nSPS) is 10.9. The molecule has 0 N–H and O–H groups in total. The minimum absolute atomic E-state index is 0.457. The molecule has 0 radical (unpaired) electrons. The van der Waals surface area contributed by atoms with Crippen LogP contribution in [0.4, 0.5) is 0 Å². The van der Waals surface area contributed by atoms with Crippen molar-refractivity contribution in [1.29, 1.82) is 0 Å². The third kappa shape index (κ3) is 2.33. The fourth-order valence-corrected chi connectivity index (χ4v) is 1.86. The van der Waals surface area contributed by atoms with Gasteiger partial charge in [0, 0.05) is 5.69 Å². The van der Waals surface area contributed by atoms with Crippen LogP contribution in [0.3, 0.4) is 0 Å². The number of aryl methyl sites for hydroxylation is 1. The van der Waals surface area contributed by atoms with E-state index in [0.29, 0.717) is 5.92 Å². The first-order chi connectivity index (χ1) is 8.11. The van der Waals surface area contributed by atoms with Crippen LogP contribution in [0.15, 0.2) is 30.3 Å². The van der Waals surface area contributed by atoms with E-state index < -0.39 is 0 Å². The van der Waals surface area contributed by atoms with Gasteiger partial charge in [0.25, 0.3) is 0 Å². The average molecular weight is 230 g/mol. The van der Waals surface area contributed by atoms with Crippen LogP contribution in [0.1, 0.15) is 31.2 Å². The zero-order chi connectivity index (χ0) is 12.4. The molecule has 0 aliphatic carbocycles. The third-order valence-corrected chi connectivity index (χ3v) is 2.77. The van der Waals surface area contributed by atoms with E-state index in [2.05, 4.69) is 25.0 Å². The number of benzene rings is 1. The summed E-state index contributed by atoms with van der Waals surface area (Å²) in [5.41, 5.74) is 3.35. The monoisotopic (exact) mass is 230 g/mol. The van der Waals surface area contributed by atoms with Crippen LogP contribution in [-0.4, -0.2) is 16.9 Å². The molecule has 3 heteroatoms. The summed E-state index contributed by atoms with van der Waals surface area (Å²) >= 11 is 0. The summed E-state index contributed by atoms with van der Waals surface area (Å²) in [6.07, 6.45) is 0. The molecule has 0 saturated carbocycles. The lowest BCUT2D eigenvalue weighted by Crippen LogP contribution is -2.03. The van der Waals surface area contributed by atoms with Crippen molar-refractivity contribution in [2.45, 2.75) is 26.7 Å². The number of methoxy groups -OCH3 is 1. The molecule has 0 fully saturated rings. The molecule has 1 aromatic carbocycles. The van der Waals surface area contributed by atoms with Gasteiger partial charge in [0.2, 0.25) is 0 Å². The van der Waals surface area contributed by atoms with Gasteiger partial charge in [-0.3, -0.25) is 0 Å². The highest BCUT2D eigenvalue weighted by molar-refractivity contribution is 5.39. The number of nitrogens with zero attached hydrogens (tertiary/aromatic N) is 2. The van der Waals surface area contributed by atoms with Gasteiger partial charge in [0.1, 0.15) is 5.75 Å². The maximum atomic E-state index is 5.16. The standard InChI is InChI=1S/C14H18N2O/c1-10(2)14-9-11(3)15-16(14)12-5-7-13(17-4)8-6-12/h5-10H,1-4H3. The highest BCUT2D eigenvalue weighted by Gasteiger charge is 2.10. The molecular formula is C14H18N2O. The summed E-state index contributed by atoms with van der Waals surface area (Å²) in [5, 5.41) is 4.53. The average Bonchev–Trinajstić information content (AvgIpc) is 2.72. The Balaban J connectivity index is 2.44. The Morgan fingerprint density at radius 2 is 1.82 bits per heavy atom. The molecule has 0 aliphatic rings. The van der Waals surface area contributed by atoms with Crippen LogP contribution in [0.2, 0.25) is 0 Å². The summed E-state index contributed by atoms with van der Waals surface area (Å²) < 4.78 is 7.16. The van der Waals surface area contributed by atoms with Crippen molar-refractivity contribution in [1.82, 2.24) is 9.78 Å². The largest absolute Gasteiger partial charge is 0.497 e. The van der Waals surface area contributed by atoms with Crippen molar-refractivity contribution in [2.24, 2.45) is 0 Å². The quantitative estimate of drug-likeness (QED) is 0.808. The summed E-state index contributed by atoms with van der Waals surface area (Å²) in [4.78, 5) is 0. The van der Waals surface area contributed by atoms with E-state index in [9.17, 15) is 0 Å². The molecule has 0 unspecified atom stereocenters. The second kappa shape index (κ2) is 4.62. The molecule has 1 heterocycles. The Kier molecular flexibility index (Phi) is 3.18. The first kappa shape index (κ1) is 11.7. The molecule has 2 aromatic rings. The van der Waals surface area contributed by atoms with Crippen molar-refractivity contribution < 1.29 is 4.74 Å². The van der Waals surface area contributed by atoms with Crippen LogP contribution in [-0.2, 0) is 0 Å². The van der Waals surface area contributed by atoms with Crippen LogP contribution < -0.4 is 4.74 Å². The van der Waals surface area contributed by atoms with E-state index in [1.165, 1.54) is 5.69 Å². The summed E-state index contributed by atoms with van der Waals surface area (Å²) in [7, 11) is 1.67. The Morgan fingerprint density at radius 3 is 2.35 bits per heavy atom. The van der Waals surface area contributed by atoms with E-state index in [1.807, 2.05) is 35.9 Å². The summed E-state index contributed by atoms with van der Waals surface area (Å²) in [6.45, 7) is 6.37. The Hall–Kier alpha value is -1.77. The zero-order valence-electron chi connectivity index (χ0n) is 10.8. The lowest BCUT2D eigenvalue weighted by atomic mass is 10.1. The minimum Gasteiger partial charge on any atom is -0.497 e. The molecule has 1 aromatic heterocycles. The van der Waals surface area contributed by atoms with Crippen LogP contribution >= 0.6 is 0 Å². The van der Waals surface area contributed by atoms with Gasteiger partial charge < -0.3 is 4.74 Å².